The summed E-state index contributed by atoms with van der Waals surface area (Å²) in [7, 11) is 0. The van der Waals surface area contributed by atoms with Gasteiger partial charge in [0.05, 0.1) is 0 Å². The molecule has 0 spiro atoms. The molecule has 0 aromatic heterocycles. The third kappa shape index (κ3) is 24.6. The lowest BCUT2D eigenvalue weighted by Crippen LogP contribution is -2.01. The molecule has 0 aliphatic carbocycles. The fourth-order valence-electron chi connectivity index (χ4n) is 0.107. The standard InChI is InChI=1S/C3H4Cl4.C3H7Cl/c4-2-1-3(5,6)7;1-2-3-4/h1-2H2;2-3H2,1H3. The molecule has 0 amide bonds. The van der Waals surface area contributed by atoms with Crippen LogP contribution in [0.3, 0.4) is 0 Å². The van der Waals surface area contributed by atoms with Crippen LogP contribution in [0.25, 0.3) is 0 Å². The summed E-state index contributed by atoms with van der Waals surface area (Å²) in [5, 5.41) is 0. The molecular weight excluding hydrogens is 249 g/mol. The molecule has 0 saturated heterocycles. The van der Waals surface area contributed by atoms with Crippen LogP contribution in [0.4, 0.5) is 0 Å². The van der Waals surface area contributed by atoms with Crippen molar-refractivity contribution in [2.24, 2.45) is 0 Å². The highest BCUT2D eigenvalue weighted by Crippen LogP contribution is 2.29. The van der Waals surface area contributed by atoms with Crippen LogP contribution in [0.2, 0.25) is 0 Å². The van der Waals surface area contributed by atoms with Crippen LogP contribution in [0.15, 0.2) is 0 Å². The molecule has 70 valence electrons. The zero-order valence-electron chi connectivity index (χ0n) is 6.22. The van der Waals surface area contributed by atoms with Crippen molar-refractivity contribution < 1.29 is 0 Å². The molecule has 0 atom stereocenters. The van der Waals surface area contributed by atoms with Crippen molar-refractivity contribution in [2.75, 3.05) is 11.8 Å². The maximum absolute atomic E-state index is 5.28. The predicted octanol–water partition coefficient (Wildman–Crippen LogP) is 4.62. The van der Waals surface area contributed by atoms with E-state index in [1.165, 1.54) is 0 Å². The SMILES string of the molecule is CCCCl.ClCCC(Cl)(Cl)Cl. The second-order valence-electron chi connectivity index (χ2n) is 1.74. The van der Waals surface area contributed by atoms with Crippen molar-refractivity contribution in [1.82, 2.24) is 0 Å². The van der Waals surface area contributed by atoms with E-state index >= 15 is 0 Å². The van der Waals surface area contributed by atoms with Gasteiger partial charge in [-0.2, -0.15) is 0 Å². The largest absolute Gasteiger partial charge is 0.191 e. The Bertz CT molecular complexity index is 65.9. The van der Waals surface area contributed by atoms with Gasteiger partial charge in [-0.25, -0.2) is 0 Å². The average Bonchev–Trinajstić information content (AvgIpc) is 1.86. The average molecular weight is 260 g/mol. The Morgan fingerprint density at radius 2 is 1.36 bits per heavy atom. The number of hydrogen-bond acceptors (Lipinski definition) is 0. The summed E-state index contributed by atoms with van der Waals surface area (Å²) in [6.45, 7) is 2.05. The van der Waals surface area contributed by atoms with Gasteiger partial charge in [0.25, 0.3) is 0 Å². The van der Waals surface area contributed by atoms with Crippen LogP contribution in [-0.4, -0.2) is 15.6 Å². The number of hydrogen-bond donors (Lipinski definition) is 0. The summed E-state index contributed by atoms with van der Waals surface area (Å²) in [6.07, 6.45) is 1.49. The summed E-state index contributed by atoms with van der Waals surface area (Å²) in [5.74, 6) is 1.18. The zero-order chi connectivity index (χ0) is 9.33. The van der Waals surface area contributed by atoms with E-state index in [4.69, 9.17) is 58.0 Å². The molecular formula is C6H11Cl5. The van der Waals surface area contributed by atoms with E-state index in [0.717, 1.165) is 12.3 Å². The van der Waals surface area contributed by atoms with Gasteiger partial charge in [0, 0.05) is 18.2 Å². The maximum Gasteiger partial charge on any atom is 0.191 e. The molecule has 0 aliphatic heterocycles. The molecule has 0 aromatic carbocycles. The van der Waals surface area contributed by atoms with Crippen molar-refractivity contribution in [2.45, 2.75) is 23.6 Å². The van der Waals surface area contributed by atoms with Gasteiger partial charge in [0.15, 0.2) is 3.79 Å². The fraction of sp³-hybridized carbons (Fsp3) is 1.00. The van der Waals surface area contributed by atoms with Gasteiger partial charge < -0.3 is 0 Å². The van der Waals surface area contributed by atoms with Gasteiger partial charge in [-0.05, 0) is 6.42 Å². The van der Waals surface area contributed by atoms with Crippen molar-refractivity contribution in [1.29, 1.82) is 0 Å². The number of alkyl halides is 5. The van der Waals surface area contributed by atoms with E-state index in [0.29, 0.717) is 12.3 Å². The minimum absolute atomic E-state index is 0.385. The van der Waals surface area contributed by atoms with Crippen LogP contribution in [0.5, 0.6) is 0 Å². The minimum atomic E-state index is -1.16. The molecule has 0 radical (unpaired) electrons. The molecule has 0 N–H and O–H groups in total. The first-order chi connectivity index (χ1) is 4.97. The van der Waals surface area contributed by atoms with Crippen molar-refractivity contribution in [3.63, 3.8) is 0 Å². The van der Waals surface area contributed by atoms with Gasteiger partial charge >= 0.3 is 0 Å². The monoisotopic (exact) mass is 258 g/mol. The van der Waals surface area contributed by atoms with E-state index in [1.54, 1.807) is 0 Å². The topological polar surface area (TPSA) is 0 Å². The van der Waals surface area contributed by atoms with Crippen LogP contribution >= 0.6 is 58.0 Å². The van der Waals surface area contributed by atoms with E-state index in [2.05, 4.69) is 0 Å². The quantitative estimate of drug-likeness (QED) is 0.635. The Hall–Kier alpha value is 1.45. The van der Waals surface area contributed by atoms with Gasteiger partial charge in [-0.1, -0.05) is 41.7 Å². The lowest BCUT2D eigenvalue weighted by molar-refractivity contribution is 0.983. The number of rotatable bonds is 2. The molecule has 0 bridgehead atoms. The molecule has 0 nitrogen and oxygen atoms in total. The summed E-state index contributed by atoms with van der Waals surface area (Å²) >= 11 is 26.3. The van der Waals surface area contributed by atoms with Crippen molar-refractivity contribution in [3.8, 4) is 0 Å². The molecule has 0 aromatic rings. The summed E-state index contributed by atoms with van der Waals surface area (Å²) in [5.41, 5.74) is 0. The highest BCUT2D eigenvalue weighted by molar-refractivity contribution is 6.67. The molecule has 0 saturated carbocycles. The Kier molecular flexibility index (Phi) is 13.0. The molecule has 0 unspecified atom stereocenters. The lowest BCUT2D eigenvalue weighted by Gasteiger charge is -2.04. The number of halogens is 5. The smallest absolute Gasteiger partial charge is 0.127 e. The van der Waals surface area contributed by atoms with E-state index in [9.17, 15) is 0 Å². The van der Waals surface area contributed by atoms with Crippen LogP contribution in [-0.2, 0) is 0 Å². The molecule has 0 rings (SSSR count). The molecule has 0 fully saturated rings. The first kappa shape index (κ1) is 14.9. The lowest BCUT2D eigenvalue weighted by atomic mass is 10.6. The summed E-state index contributed by atoms with van der Waals surface area (Å²) in [6, 6.07) is 0. The van der Waals surface area contributed by atoms with Gasteiger partial charge in [0.2, 0.25) is 0 Å². The first-order valence-electron chi connectivity index (χ1n) is 3.16. The Balaban J connectivity index is 0. The minimum Gasteiger partial charge on any atom is -0.127 e. The van der Waals surface area contributed by atoms with E-state index < -0.39 is 3.79 Å². The third-order valence-corrected chi connectivity index (χ3v) is 1.70. The second kappa shape index (κ2) is 9.54. The Morgan fingerprint density at radius 3 is 1.36 bits per heavy atom. The second-order valence-corrected chi connectivity index (χ2v) is 5.02. The highest BCUT2D eigenvalue weighted by Gasteiger charge is 2.17. The molecule has 11 heavy (non-hydrogen) atoms. The maximum atomic E-state index is 5.28. The molecule has 0 heterocycles. The normalized spacial score (nSPS) is 10.4. The van der Waals surface area contributed by atoms with Crippen LogP contribution in [0.1, 0.15) is 19.8 Å². The fourth-order valence-corrected chi connectivity index (χ4v) is 0.964. The molecule has 5 heteroatoms. The highest BCUT2D eigenvalue weighted by atomic mass is 35.6. The van der Waals surface area contributed by atoms with Gasteiger partial charge in [0.1, 0.15) is 0 Å². The predicted molar refractivity (Wildman–Crippen MR) is 56.6 cm³/mol. The summed E-state index contributed by atoms with van der Waals surface area (Å²) < 4.78 is -1.16. The zero-order valence-corrected chi connectivity index (χ0v) is 10.00. The van der Waals surface area contributed by atoms with E-state index in [1.807, 2.05) is 6.92 Å². The van der Waals surface area contributed by atoms with Gasteiger partial charge in [-0.15, -0.1) is 23.2 Å². The Labute approximate surface area is 93.1 Å². The first-order valence-corrected chi connectivity index (χ1v) is 5.37. The van der Waals surface area contributed by atoms with E-state index in [-0.39, 0.29) is 0 Å². The van der Waals surface area contributed by atoms with Gasteiger partial charge in [-0.3, -0.25) is 0 Å². The van der Waals surface area contributed by atoms with Crippen LogP contribution < -0.4 is 0 Å². The summed E-state index contributed by atoms with van der Waals surface area (Å²) in [4.78, 5) is 0. The third-order valence-electron chi connectivity index (χ3n) is 0.567. The van der Waals surface area contributed by atoms with Crippen LogP contribution in [0, 0.1) is 0 Å². The van der Waals surface area contributed by atoms with Crippen molar-refractivity contribution >= 4 is 58.0 Å². The molecule has 0 aliphatic rings. The Morgan fingerprint density at radius 1 is 1.00 bits per heavy atom. The van der Waals surface area contributed by atoms with Crippen molar-refractivity contribution in [3.05, 3.63) is 0 Å².